The largest absolute Gasteiger partial charge is 0.478 e. The number of aromatic amines is 1. The first-order chi connectivity index (χ1) is 8.75. The molecule has 0 saturated heterocycles. The van der Waals surface area contributed by atoms with Crippen molar-refractivity contribution in [2.24, 2.45) is 0 Å². The number of aromatic nitrogens is 2. The minimum Gasteiger partial charge on any atom is -0.478 e. The van der Waals surface area contributed by atoms with Crippen molar-refractivity contribution < 1.29 is 9.90 Å². The minimum absolute atomic E-state index is 0.193. The summed E-state index contributed by atoms with van der Waals surface area (Å²) in [5.41, 5.74) is 2.97. The van der Waals surface area contributed by atoms with Gasteiger partial charge in [-0.15, -0.1) is 0 Å². The Morgan fingerprint density at radius 1 is 1.17 bits per heavy atom. The summed E-state index contributed by atoms with van der Waals surface area (Å²) in [6.45, 7) is 0. The normalized spacial score (nSPS) is 10.7. The van der Waals surface area contributed by atoms with E-state index in [9.17, 15) is 4.79 Å². The molecular formula is C14H10N2O2. The lowest BCUT2D eigenvalue weighted by Gasteiger charge is -1.99. The maximum atomic E-state index is 10.8. The van der Waals surface area contributed by atoms with Crippen molar-refractivity contribution in [2.45, 2.75) is 0 Å². The maximum absolute atomic E-state index is 10.8. The monoisotopic (exact) mass is 238 g/mol. The first-order valence-electron chi connectivity index (χ1n) is 5.51. The standard InChI is InChI=1S/C14H10N2O2/c17-14(18)9-5-6-13(15-7-9)11-8-16-12-4-2-1-3-10(11)12/h1-8,16H,(H,17,18). The van der Waals surface area contributed by atoms with Crippen molar-refractivity contribution in [3.8, 4) is 11.3 Å². The second kappa shape index (κ2) is 4.00. The van der Waals surface area contributed by atoms with Crippen LogP contribution in [0.5, 0.6) is 0 Å². The second-order valence-corrected chi connectivity index (χ2v) is 3.99. The highest BCUT2D eigenvalue weighted by Crippen LogP contribution is 2.26. The van der Waals surface area contributed by atoms with Crippen LogP contribution in [-0.4, -0.2) is 21.0 Å². The van der Waals surface area contributed by atoms with Gasteiger partial charge in [0, 0.05) is 28.9 Å². The van der Waals surface area contributed by atoms with Crippen LogP contribution in [0.2, 0.25) is 0 Å². The Morgan fingerprint density at radius 2 is 2.00 bits per heavy atom. The first-order valence-corrected chi connectivity index (χ1v) is 5.51. The van der Waals surface area contributed by atoms with Crippen LogP contribution in [0, 0.1) is 0 Å². The van der Waals surface area contributed by atoms with Gasteiger partial charge in [0.25, 0.3) is 0 Å². The molecule has 0 unspecified atom stereocenters. The summed E-state index contributed by atoms with van der Waals surface area (Å²) in [5.74, 6) is -0.965. The van der Waals surface area contributed by atoms with Gasteiger partial charge in [-0.3, -0.25) is 4.98 Å². The van der Waals surface area contributed by atoms with Gasteiger partial charge in [-0.1, -0.05) is 18.2 Å². The smallest absolute Gasteiger partial charge is 0.337 e. The topological polar surface area (TPSA) is 66.0 Å². The Bertz CT molecular complexity index is 714. The lowest BCUT2D eigenvalue weighted by molar-refractivity contribution is 0.0696. The molecule has 0 aliphatic rings. The number of nitrogens with zero attached hydrogens (tertiary/aromatic N) is 1. The number of hydrogen-bond donors (Lipinski definition) is 2. The lowest BCUT2D eigenvalue weighted by Crippen LogP contribution is -1.96. The fourth-order valence-electron chi connectivity index (χ4n) is 1.96. The summed E-state index contributed by atoms with van der Waals surface area (Å²) in [6.07, 6.45) is 3.26. The van der Waals surface area contributed by atoms with Crippen LogP contribution in [0.15, 0.2) is 48.8 Å². The second-order valence-electron chi connectivity index (χ2n) is 3.99. The summed E-state index contributed by atoms with van der Waals surface area (Å²) >= 11 is 0. The van der Waals surface area contributed by atoms with E-state index < -0.39 is 5.97 Å². The summed E-state index contributed by atoms with van der Waals surface area (Å²) in [6, 6.07) is 11.2. The maximum Gasteiger partial charge on any atom is 0.337 e. The zero-order valence-electron chi connectivity index (χ0n) is 9.42. The average molecular weight is 238 g/mol. The molecule has 2 aromatic heterocycles. The third-order valence-corrected chi connectivity index (χ3v) is 2.88. The molecule has 0 saturated carbocycles. The molecular weight excluding hydrogens is 228 g/mol. The van der Waals surface area contributed by atoms with Gasteiger partial charge in [-0.05, 0) is 18.2 Å². The van der Waals surface area contributed by atoms with Crippen molar-refractivity contribution in [3.05, 3.63) is 54.4 Å². The van der Waals surface area contributed by atoms with E-state index in [0.29, 0.717) is 0 Å². The zero-order valence-corrected chi connectivity index (χ0v) is 9.42. The Kier molecular flexibility index (Phi) is 2.34. The molecule has 0 aliphatic heterocycles. The number of carbonyl (C=O) groups is 1. The molecule has 2 heterocycles. The molecule has 0 amide bonds. The van der Waals surface area contributed by atoms with Crippen LogP contribution in [0.4, 0.5) is 0 Å². The van der Waals surface area contributed by atoms with Crippen LogP contribution in [0.3, 0.4) is 0 Å². The minimum atomic E-state index is -0.965. The summed E-state index contributed by atoms with van der Waals surface area (Å²) in [7, 11) is 0. The predicted octanol–water partition coefficient (Wildman–Crippen LogP) is 2.93. The van der Waals surface area contributed by atoms with Crippen LogP contribution < -0.4 is 0 Å². The molecule has 0 aliphatic carbocycles. The number of fused-ring (bicyclic) bond motifs is 1. The Labute approximate surface area is 103 Å². The first kappa shape index (κ1) is 10.5. The molecule has 4 nitrogen and oxygen atoms in total. The number of rotatable bonds is 2. The van der Waals surface area contributed by atoms with Gasteiger partial charge in [0.15, 0.2) is 0 Å². The van der Waals surface area contributed by atoms with E-state index in [2.05, 4.69) is 9.97 Å². The number of hydrogen-bond acceptors (Lipinski definition) is 2. The predicted molar refractivity (Wildman–Crippen MR) is 68.5 cm³/mol. The van der Waals surface area contributed by atoms with Crippen LogP contribution >= 0.6 is 0 Å². The quantitative estimate of drug-likeness (QED) is 0.721. The molecule has 0 spiro atoms. The number of H-pyrrole nitrogens is 1. The van der Waals surface area contributed by atoms with Gasteiger partial charge in [0.05, 0.1) is 11.3 Å². The van der Waals surface area contributed by atoms with E-state index in [-0.39, 0.29) is 5.56 Å². The van der Waals surface area contributed by atoms with E-state index >= 15 is 0 Å². The molecule has 2 N–H and O–H groups in total. The van der Waals surface area contributed by atoms with E-state index in [1.54, 1.807) is 12.1 Å². The number of carboxylic acid groups (broad SMARTS) is 1. The van der Waals surface area contributed by atoms with Crippen molar-refractivity contribution in [2.75, 3.05) is 0 Å². The van der Waals surface area contributed by atoms with E-state index in [1.807, 2.05) is 30.5 Å². The fraction of sp³-hybridized carbons (Fsp3) is 0. The zero-order chi connectivity index (χ0) is 12.5. The van der Waals surface area contributed by atoms with Crippen molar-refractivity contribution in [3.63, 3.8) is 0 Å². The average Bonchev–Trinajstić information content (AvgIpc) is 2.82. The molecule has 0 radical (unpaired) electrons. The summed E-state index contributed by atoms with van der Waals surface area (Å²) in [4.78, 5) is 18.1. The molecule has 0 bridgehead atoms. The van der Waals surface area contributed by atoms with E-state index in [0.717, 1.165) is 22.2 Å². The third-order valence-electron chi connectivity index (χ3n) is 2.88. The number of benzene rings is 1. The van der Waals surface area contributed by atoms with Crippen LogP contribution in [0.25, 0.3) is 22.2 Å². The molecule has 88 valence electrons. The van der Waals surface area contributed by atoms with Crippen molar-refractivity contribution in [1.82, 2.24) is 9.97 Å². The molecule has 3 aromatic rings. The van der Waals surface area contributed by atoms with Crippen LogP contribution in [0.1, 0.15) is 10.4 Å². The fourth-order valence-corrected chi connectivity index (χ4v) is 1.96. The number of nitrogens with one attached hydrogen (secondary N) is 1. The highest BCUT2D eigenvalue weighted by Gasteiger charge is 2.08. The third kappa shape index (κ3) is 1.64. The van der Waals surface area contributed by atoms with Gasteiger partial charge in [-0.2, -0.15) is 0 Å². The molecule has 3 rings (SSSR count). The number of aromatic carboxylic acids is 1. The SMILES string of the molecule is O=C(O)c1ccc(-c2c[nH]c3ccccc23)nc1. The van der Waals surface area contributed by atoms with Crippen molar-refractivity contribution in [1.29, 1.82) is 0 Å². The summed E-state index contributed by atoms with van der Waals surface area (Å²) < 4.78 is 0. The lowest BCUT2D eigenvalue weighted by atomic mass is 10.1. The number of para-hydroxylation sites is 1. The van der Waals surface area contributed by atoms with Gasteiger partial charge in [0.1, 0.15) is 0 Å². The Balaban J connectivity index is 2.12. The number of carboxylic acids is 1. The van der Waals surface area contributed by atoms with Gasteiger partial charge < -0.3 is 10.1 Å². The molecule has 0 fully saturated rings. The van der Waals surface area contributed by atoms with E-state index in [4.69, 9.17) is 5.11 Å². The van der Waals surface area contributed by atoms with Crippen LogP contribution in [-0.2, 0) is 0 Å². The van der Waals surface area contributed by atoms with E-state index in [1.165, 1.54) is 6.20 Å². The highest BCUT2D eigenvalue weighted by atomic mass is 16.4. The Hall–Kier alpha value is -2.62. The van der Waals surface area contributed by atoms with Crippen molar-refractivity contribution >= 4 is 16.9 Å². The van der Waals surface area contributed by atoms with Gasteiger partial charge >= 0.3 is 5.97 Å². The molecule has 1 aromatic carbocycles. The summed E-state index contributed by atoms with van der Waals surface area (Å²) in [5, 5.41) is 9.91. The Morgan fingerprint density at radius 3 is 2.72 bits per heavy atom. The van der Waals surface area contributed by atoms with Gasteiger partial charge in [-0.25, -0.2) is 4.79 Å². The number of pyridine rings is 1. The molecule has 0 atom stereocenters. The molecule has 4 heteroatoms. The van der Waals surface area contributed by atoms with Gasteiger partial charge in [0.2, 0.25) is 0 Å². The molecule has 18 heavy (non-hydrogen) atoms. The highest BCUT2D eigenvalue weighted by molar-refractivity contribution is 5.95.